The first-order valence-electron chi connectivity index (χ1n) is 7.12. The first-order chi connectivity index (χ1) is 11.5. The molecule has 2 heterocycles. The summed E-state index contributed by atoms with van der Waals surface area (Å²) in [7, 11) is -3.66. The Hall–Kier alpha value is -2.29. The molecular formula is C16H16N4O2S2. The van der Waals surface area contributed by atoms with E-state index < -0.39 is 10.0 Å². The van der Waals surface area contributed by atoms with Gasteiger partial charge in [-0.2, -0.15) is 4.40 Å². The van der Waals surface area contributed by atoms with Crippen LogP contribution in [0.15, 0.2) is 74.9 Å². The van der Waals surface area contributed by atoms with Crippen LogP contribution in [0.3, 0.4) is 0 Å². The first-order valence-corrected chi connectivity index (χ1v) is 9.44. The van der Waals surface area contributed by atoms with E-state index in [4.69, 9.17) is 10.9 Å². The van der Waals surface area contributed by atoms with Crippen molar-refractivity contribution >= 4 is 39.2 Å². The van der Waals surface area contributed by atoms with Gasteiger partial charge in [0.1, 0.15) is 10.7 Å². The van der Waals surface area contributed by atoms with Gasteiger partial charge in [0.2, 0.25) is 10.0 Å². The monoisotopic (exact) mass is 360 g/mol. The maximum Gasteiger partial charge on any atom is 0.240 e. The van der Waals surface area contributed by atoms with Crippen molar-refractivity contribution in [3.8, 4) is 0 Å². The number of nitrogens with zero attached hydrogens (tertiary/aromatic N) is 2. The fourth-order valence-electron chi connectivity index (χ4n) is 2.34. The summed E-state index contributed by atoms with van der Waals surface area (Å²) < 4.78 is 25.9. The van der Waals surface area contributed by atoms with Crippen molar-refractivity contribution in [2.45, 2.75) is 9.79 Å². The summed E-state index contributed by atoms with van der Waals surface area (Å²) >= 11 is 1.56. The maximum absolute atomic E-state index is 10.8. The molecule has 0 unspecified atom stereocenters. The van der Waals surface area contributed by atoms with Crippen LogP contribution < -0.4 is 15.8 Å². The van der Waals surface area contributed by atoms with Gasteiger partial charge in [0.15, 0.2) is 0 Å². The van der Waals surface area contributed by atoms with Crippen LogP contribution in [0.25, 0.3) is 0 Å². The summed E-state index contributed by atoms with van der Waals surface area (Å²) in [4.78, 5) is 3.45. The molecular weight excluding hydrogens is 344 g/mol. The minimum atomic E-state index is -3.66. The van der Waals surface area contributed by atoms with Crippen molar-refractivity contribution in [1.29, 1.82) is 0 Å². The highest BCUT2D eigenvalue weighted by molar-refractivity contribution is 7.98. The summed E-state index contributed by atoms with van der Waals surface area (Å²) in [6.07, 6.45) is 4.21. The zero-order valence-corrected chi connectivity index (χ0v) is 14.3. The molecule has 8 heteroatoms. The Balaban J connectivity index is 0.000000144. The number of nitrogen functional groups attached to an aromatic ring is 1. The second kappa shape index (κ2) is 6.68. The molecule has 0 bridgehead atoms. The van der Waals surface area contributed by atoms with Crippen molar-refractivity contribution in [3.05, 3.63) is 60.7 Å². The third-order valence-corrected chi connectivity index (χ3v) is 5.26. The lowest BCUT2D eigenvalue weighted by atomic mass is 10.3. The second-order valence-corrected chi connectivity index (χ2v) is 7.44. The van der Waals surface area contributed by atoms with E-state index in [1.54, 1.807) is 24.1 Å². The Morgan fingerprint density at radius 2 is 1.79 bits per heavy atom. The number of nitrogens with two attached hydrogens (primary N) is 2. The number of amidine groups is 1. The molecule has 2 aromatic carbocycles. The van der Waals surface area contributed by atoms with Crippen molar-refractivity contribution in [2.75, 3.05) is 17.2 Å². The number of benzene rings is 2. The van der Waals surface area contributed by atoms with Gasteiger partial charge in [-0.05, 0) is 30.3 Å². The highest BCUT2D eigenvalue weighted by Gasteiger charge is 2.21. The molecule has 6 nitrogen and oxygen atoms in total. The van der Waals surface area contributed by atoms with E-state index in [1.165, 1.54) is 22.7 Å². The van der Waals surface area contributed by atoms with Crippen molar-refractivity contribution in [1.82, 2.24) is 0 Å². The number of hydrogen-bond acceptors (Lipinski definition) is 6. The quantitative estimate of drug-likeness (QED) is 0.600. The van der Waals surface area contributed by atoms with Crippen LogP contribution >= 0.6 is 11.9 Å². The average molecular weight is 360 g/mol. The molecule has 2 aromatic rings. The molecule has 0 atom stereocenters. The normalized spacial score (nSPS) is 15.0. The SMILES string of the molecule is C1=CC2=NSc3ccccc3N2C1.Nc1ccccc1S(N)(=O)=O. The number of rotatable bonds is 1. The van der Waals surface area contributed by atoms with E-state index in [9.17, 15) is 8.42 Å². The Morgan fingerprint density at radius 1 is 1.08 bits per heavy atom. The fraction of sp³-hybridized carbons (Fsp3) is 0.0625. The number of primary sulfonamides is 1. The Kier molecular flexibility index (Phi) is 4.61. The number of hydrogen-bond donors (Lipinski definition) is 2. The molecule has 0 saturated heterocycles. The molecule has 24 heavy (non-hydrogen) atoms. The van der Waals surface area contributed by atoms with Gasteiger partial charge in [-0.1, -0.05) is 30.3 Å². The molecule has 2 aliphatic heterocycles. The number of sulfonamides is 1. The number of para-hydroxylation sites is 2. The molecule has 0 fully saturated rings. The Bertz CT molecular complexity index is 923. The summed E-state index contributed by atoms with van der Waals surface area (Å²) in [6.45, 7) is 0.955. The molecule has 0 spiro atoms. The van der Waals surface area contributed by atoms with Crippen LogP contribution in [-0.2, 0) is 10.0 Å². The molecule has 2 aliphatic rings. The first kappa shape index (κ1) is 16.6. The van der Waals surface area contributed by atoms with E-state index in [1.807, 2.05) is 0 Å². The van der Waals surface area contributed by atoms with Crippen LogP contribution in [-0.4, -0.2) is 20.8 Å². The van der Waals surface area contributed by atoms with Crippen molar-refractivity contribution in [3.63, 3.8) is 0 Å². The van der Waals surface area contributed by atoms with Crippen LogP contribution in [0.5, 0.6) is 0 Å². The fourth-order valence-corrected chi connectivity index (χ4v) is 3.77. The smallest absolute Gasteiger partial charge is 0.240 e. The Morgan fingerprint density at radius 3 is 2.50 bits per heavy atom. The molecule has 0 saturated carbocycles. The van der Waals surface area contributed by atoms with E-state index in [0.717, 1.165) is 12.4 Å². The van der Waals surface area contributed by atoms with Gasteiger partial charge in [-0.25, -0.2) is 13.6 Å². The highest BCUT2D eigenvalue weighted by atomic mass is 32.2. The summed E-state index contributed by atoms with van der Waals surface area (Å²) in [6, 6.07) is 14.4. The topological polar surface area (TPSA) is 102 Å². The molecule has 0 radical (unpaired) electrons. The highest BCUT2D eigenvalue weighted by Crippen LogP contribution is 2.36. The van der Waals surface area contributed by atoms with E-state index >= 15 is 0 Å². The Labute approximate surface area is 145 Å². The summed E-state index contributed by atoms with van der Waals surface area (Å²) in [5.41, 5.74) is 6.80. The van der Waals surface area contributed by atoms with Crippen LogP contribution in [0, 0.1) is 0 Å². The minimum absolute atomic E-state index is 0.0278. The van der Waals surface area contributed by atoms with Gasteiger partial charge >= 0.3 is 0 Å². The van der Waals surface area contributed by atoms with Gasteiger partial charge < -0.3 is 10.6 Å². The lowest BCUT2D eigenvalue weighted by molar-refractivity contribution is 0.598. The van der Waals surface area contributed by atoms with E-state index in [0.29, 0.717) is 0 Å². The van der Waals surface area contributed by atoms with Crippen molar-refractivity contribution in [2.24, 2.45) is 9.54 Å². The van der Waals surface area contributed by atoms with Gasteiger partial charge in [0.05, 0.1) is 16.3 Å². The average Bonchev–Trinajstić information content (AvgIpc) is 3.04. The standard InChI is InChI=1S/C10H8N2S.C6H8N2O2S/c1-2-5-9-8(4-1)12-7-3-6-10(12)11-13-9;7-5-3-1-2-4-6(5)11(8,9)10/h1-6H,7H2;1-4H,7H2,(H2,8,9,10). The zero-order valence-electron chi connectivity index (χ0n) is 12.7. The number of anilines is 2. The molecule has 0 aliphatic carbocycles. The predicted molar refractivity (Wildman–Crippen MR) is 98.4 cm³/mol. The third kappa shape index (κ3) is 3.45. The van der Waals surface area contributed by atoms with E-state index in [-0.39, 0.29) is 10.6 Å². The summed E-state index contributed by atoms with van der Waals surface area (Å²) in [5, 5.41) is 4.85. The predicted octanol–water partition coefficient (Wildman–Crippen LogP) is 2.40. The second-order valence-electron chi connectivity index (χ2n) is 5.10. The lowest BCUT2D eigenvalue weighted by Gasteiger charge is -2.24. The van der Waals surface area contributed by atoms with Gasteiger partial charge in [0.25, 0.3) is 0 Å². The maximum atomic E-state index is 10.8. The molecule has 4 rings (SSSR count). The molecule has 0 aromatic heterocycles. The third-order valence-electron chi connectivity index (χ3n) is 3.45. The lowest BCUT2D eigenvalue weighted by Crippen LogP contribution is -2.26. The largest absolute Gasteiger partial charge is 0.398 e. The van der Waals surface area contributed by atoms with Crippen LogP contribution in [0.2, 0.25) is 0 Å². The van der Waals surface area contributed by atoms with Gasteiger partial charge in [-0.15, -0.1) is 0 Å². The minimum Gasteiger partial charge on any atom is -0.398 e. The van der Waals surface area contributed by atoms with Crippen molar-refractivity contribution < 1.29 is 8.42 Å². The molecule has 4 N–H and O–H groups in total. The van der Waals surface area contributed by atoms with E-state index in [2.05, 4.69) is 45.7 Å². The molecule has 124 valence electrons. The number of fused-ring (bicyclic) bond motifs is 3. The van der Waals surface area contributed by atoms with Gasteiger partial charge in [-0.3, -0.25) is 0 Å². The van der Waals surface area contributed by atoms with Crippen LogP contribution in [0.4, 0.5) is 11.4 Å². The van der Waals surface area contributed by atoms with Crippen LogP contribution in [0.1, 0.15) is 0 Å². The zero-order chi connectivity index (χ0) is 17.2. The summed E-state index contributed by atoms with van der Waals surface area (Å²) in [5.74, 6) is 1.07. The molecule has 0 amide bonds. The van der Waals surface area contributed by atoms with Gasteiger partial charge in [0, 0.05) is 18.5 Å².